The number of hydrogen-bond donors (Lipinski definition) is 1. The summed E-state index contributed by atoms with van der Waals surface area (Å²) in [6.45, 7) is 6.67. The summed E-state index contributed by atoms with van der Waals surface area (Å²) in [5, 5.41) is 2.97. The zero-order valence-corrected chi connectivity index (χ0v) is 17.4. The van der Waals surface area contributed by atoms with Crippen LogP contribution in [0.4, 0.5) is 0 Å². The Hall–Kier alpha value is -2.93. The molecule has 7 heteroatoms. The molecule has 0 spiro atoms. The van der Waals surface area contributed by atoms with Crippen LogP contribution < -0.4 is 5.32 Å². The fraction of sp³-hybridized carbons (Fsp3) is 0.409. The molecule has 0 aliphatic rings. The first kappa shape index (κ1) is 22.4. The van der Waals surface area contributed by atoms with Gasteiger partial charge in [-0.3, -0.25) is 4.79 Å². The fourth-order valence-corrected chi connectivity index (χ4v) is 2.78. The van der Waals surface area contributed by atoms with E-state index in [2.05, 4.69) is 10.3 Å². The minimum atomic E-state index is -0.949. The molecule has 2 aromatic rings. The van der Waals surface area contributed by atoms with Gasteiger partial charge in [0.15, 0.2) is 0 Å². The lowest BCUT2D eigenvalue weighted by atomic mass is 9.96. The molecule has 2 rings (SSSR count). The summed E-state index contributed by atoms with van der Waals surface area (Å²) in [5.41, 5.74) is 2.00. The number of hydrogen-bond acceptors (Lipinski definition) is 6. The lowest BCUT2D eigenvalue weighted by Gasteiger charge is -2.21. The minimum Gasteiger partial charge on any atom is -0.425 e. The van der Waals surface area contributed by atoms with Crippen LogP contribution in [-0.4, -0.2) is 41.4 Å². The number of rotatable bonds is 10. The van der Waals surface area contributed by atoms with Crippen LogP contribution in [0.5, 0.6) is 0 Å². The van der Waals surface area contributed by atoms with E-state index in [1.165, 1.54) is 13.0 Å². The first-order chi connectivity index (χ1) is 13.9. The molecule has 0 radical (unpaired) electrons. The van der Waals surface area contributed by atoms with E-state index in [-0.39, 0.29) is 17.8 Å². The molecule has 1 N–H and O–H groups in total. The van der Waals surface area contributed by atoms with Crippen molar-refractivity contribution in [2.24, 2.45) is 11.8 Å². The fourth-order valence-electron chi connectivity index (χ4n) is 2.78. The number of benzene rings is 1. The molecule has 1 heterocycles. The first-order valence-electron chi connectivity index (χ1n) is 9.67. The Morgan fingerprint density at radius 1 is 1.17 bits per heavy atom. The molecule has 0 aliphatic carbocycles. The van der Waals surface area contributed by atoms with Crippen LogP contribution in [-0.2, 0) is 25.6 Å². The van der Waals surface area contributed by atoms with Crippen LogP contribution in [0.2, 0.25) is 0 Å². The average molecular weight is 399 g/mol. The Labute approximate surface area is 171 Å². The molecule has 1 aromatic heterocycles. The smallest absolute Gasteiger partial charge is 0.333 e. The number of imidazole rings is 1. The number of ether oxygens (including phenoxy) is 2. The normalized spacial score (nSPS) is 13.4. The number of carbonyl (C=O) groups excluding carboxylic acids is 2. The molecule has 1 aromatic carbocycles. The van der Waals surface area contributed by atoms with Crippen molar-refractivity contribution in [3.8, 4) is 0 Å². The van der Waals surface area contributed by atoms with Crippen molar-refractivity contribution in [3.63, 3.8) is 0 Å². The van der Waals surface area contributed by atoms with Gasteiger partial charge in [0.25, 0.3) is 0 Å². The Balaban J connectivity index is 1.83. The second-order valence-corrected chi connectivity index (χ2v) is 7.16. The number of aromatic nitrogens is 2. The van der Waals surface area contributed by atoms with E-state index < -0.39 is 12.3 Å². The lowest BCUT2D eigenvalue weighted by molar-refractivity contribution is -0.185. The van der Waals surface area contributed by atoms with Gasteiger partial charge in [0.1, 0.15) is 0 Å². The molecule has 0 aliphatic heterocycles. The molecule has 0 fully saturated rings. The SMILES string of the molecule is CNCC(C(=O)OC(C)OC(=O)/C=C/c1ccc(Cn2ccnc2)cc1)C(C)C. The van der Waals surface area contributed by atoms with Crippen LogP contribution in [0.1, 0.15) is 31.9 Å². The van der Waals surface area contributed by atoms with E-state index in [9.17, 15) is 9.59 Å². The standard InChI is InChI=1S/C22H29N3O4/c1-16(2)20(13-23-4)22(27)29-17(3)28-21(26)10-9-18-5-7-19(8-6-18)14-25-12-11-24-15-25/h5-12,15-17,20,23H,13-14H2,1-4H3/b10-9+. The van der Waals surface area contributed by atoms with E-state index in [0.717, 1.165) is 17.7 Å². The molecular formula is C22H29N3O4. The predicted molar refractivity (Wildman–Crippen MR) is 111 cm³/mol. The van der Waals surface area contributed by atoms with Crippen LogP contribution in [0, 0.1) is 11.8 Å². The largest absolute Gasteiger partial charge is 0.425 e. The van der Waals surface area contributed by atoms with E-state index in [0.29, 0.717) is 6.54 Å². The Bertz CT molecular complexity index is 798. The molecule has 156 valence electrons. The third-order valence-electron chi connectivity index (χ3n) is 4.41. The van der Waals surface area contributed by atoms with Gasteiger partial charge in [-0.2, -0.15) is 0 Å². The molecule has 0 saturated heterocycles. The highest BCUT2D eigenvalue weighted by Crippen LogP contribution is 2.14. The molecule has 7 nitrogen and oxygen atoms in total. The van der Waals surface area contributed by atoms with Gasteiger partial charge in [-0.15, -0.1) is 0 Å². The van der Waals surface area contributed by atoms with Crippen molar-refractivity contribution in [2.75, 3.05) is 13.6 Å². The lowest BCUT2D eigenvalue weighted by Crippen LogP contribution is -2.34. The highest BCUT2D eigenvalue weighted by atomic mass is 16.7. The first-order valence-corrected chi connectivity index (χ1v) is 9.67. The van der Waals surface area contributed by atoms with E-state index in [1.54, 1.807) is 25.6 Å². The number of nitrogens with one attached hydrogen (secondary N) is 1. The van der Waals surface area contributed by atoms with Crippen molar-refractivity contribution < 1.29 is 19.1 Å². The van der Waals surface area contributed by atoms with Crippen LogP contribution >= 0.6 is 0 Å². The molecule has 0 saturated carbocycles. The van der Waals surface area contributed by atoms with Gasteiger partial charge in [0.2, 0.25) is 6.29 Å². The molecule has 0 bridgehead atoms. The molecule has 2 unspecified atom stereocenters. The summed E-state index contributed by atoms with van der Waals surface area (Å²) >= 11 is 0. The summed E-state index contributed by atoms with van der Waals surface area (Å²) in [7, 11) is 1.78. The molecule has 0 amide bonds. The Kier molecular flexibility index (Phi) is 8.61. The van der Waals surface area contributed by atoms with Gasteiger partial charge >= 0.3 is 11.9 Å². The van der Waals surface area contributed by atoms with E-state index >= 15 is 0 Å². The highest BCUT2D eigenvalue weighted by Gasteiger charge is 2.25. The quantitative estimate of drug-likeness (QED) is 0.376. The molecule has 29 heavy (non-hydrogen) atoms. The monoisotopic (exact) mass is 399 g/mol. The highest BCUT2D eigenvalue weighted by molar-refractivity contribution is 5.87. The molecular weight excluding hydrogens is 370 g/mol. The second kappa shape index (κ2) is 11.2. The van der Waals surface area contributed by atoms with E-state index in [4.69, 9.17) is 9.47 Å². The topological polar surface area (TPSA) is 82.5 Å². The van der Waals surface area contributed by atoms with Crippen LogP contribution in [0.3, 0.4) is 0 Å². The Morgan fingerprint density at radius 3 is 2.48 bits per heavy atom. The van der Waals surface area contributed by atoms with Crippen molar-refractivity contribution in [2.45, 2.75) is 33.6 Å². The van der Waals surface area contributed by atoms with Gasteiger partial charge in [-0.05, 0) is 30.2 Å². The maximum Gasteiger partial charge on any atom is 0.333 e. The summed E-state index contributed by atoms with van der Waals surface area (Å²) in [6.07, 6.45) is 7.44. The summed E-state index contributed by atoms with van der Waals surface area (Å²) in [4.78, 5) is 28.2. The predicted octanol–water partition coefficient (Wildman–Crippen LogP) is 2.87. The summed E-state index contributed by atoms with van der Waals surface area (Å²) in [6, 6.07) is 7.82. The van der Waals surface area contributed by atoms with Gasteiger partial charge in [0, 0.05) is 38.5 Å². The van der Waals surface area contributed by atoms with Crippen molar-refractivity contribution >= 4 is 18.0 Å². The van der Waals surface area contributed by atoms with Crippen molar-refractivity contribution in [1.29, 1.82) is 0 Å². The molecule has 2 atom stereocenters. The van der Waals surface area contributed by atoms with Gasteiger partial charge in [-0.25, -0.2) is 9.78 Å². The number of carbonyl (C=O) groups is 2. The average Bonchev–Trinajstić information content (AvgIpc) is 3.18. The van der Waals surface area contributed by atoms with Crippen LogP contribution in [0.15, 0.2) is 49.1 Å². The maximum atomic E-state index is 12.2. The number of esters is 2. The maximum absolute atomic E-state index is 12.2. The minimum absolute atomic E-state index is 0.120. The van der Waals surface area contributed by atoms with Gasteiger partial charge in [-0.1, -0.05) is 38.1 Å². The summed E-state index contributed by atoms with van der Waals surface area (Å²) < 4.78 is 12.4. The van der Waals surface area contributed by atoms with Crippen molar-refractivity contribution in [3.05, 3.63) is 60.2 Å². The van der Waals surface area contributed by atoms with Gasteiger partial charge in [0.05, 0.1) is 12.2 Å². The second-order valence-electron chi connectivity index (χ2n) is 7.16. The number of nitrogens with zero attached hydrogens (tertiary/aromatic N) is 2. The van der Waals surface area contributed by atoms with Crippen molar-refractivity contribution in [1.82, 2.24) is 14.9 Å². The third-order valence-corrected chi connectivity index (χ3v) is 4.41. The van der Waals surface area contributed by atoms with Crippen LogP contribution in [0.25, 0.3) is 6.08 Å². The zero-order valence-electron chi connectivity index (χ0n) is 17.4. The van der Waals surface area contributed by atoms with Gasteiger partial charge < -0.3 is 19.4 Å². The zero-order chi connectivity index (χ0) is 21.2. The summed E-state index contributed by atoms with van der Waals surface area (Å²) in [5.74, 6) is -1.12. The Morgan fingerprint density at radius 2 is 1.90 bits per heavy atom. The third kappa shape index (κ3) is 7.54. The van der Waals surface area contributed by atoms with E-state index in [1.807, 2.05) is 48.9 Å².